The van der Waals surface area contributed by atoms with Crippen molar-refractivity contribution in [2.24, 2.45) is 5.73 Å². The van der Waals surface area contributed by atoms with Crippen LogP contribution in [0.2, 0.25) is 0 Å². The number of hydrogen-bond acceptors (Lipinski definition) is 4. The Morgan fingerprint density at radius 1 is 1.25 bits per heavy atom. The first kappa shape index (κ1) is 17.1. The summed E-state index contributed by atoms with van der Waals surface area (Å²) in [5.41, 5.74) is 6.41. The van der Waals surface area contributed by atoms with Gasteiger partial charge < -0.3 is 10.6 Å². The minimum atomic E-state index is -3.49. The monoisotopic (exact) mass is 299 g/mol. The van der Waals surface area contributed by atoms with Crippen molar-refractivity contribution in [3.05, 3.63) is 29.8 Å². The second-order valence-corrected chi connectivity index (χ2v) is 7.66. The predicted molar refractivity (Wildman–Crippen MR) is 82.0 cm³/mol. The van der Waals surface area contributed by atoms with Crippen LogP contribution in [-0.4, -0.2) is 39.5 Å². The van der Waals surface area contributed by atoms with E-state index in [0.29, 0.717) is 6.54 Å². The molecule has 1 atom stereocenters. The van der Waals surface area contributed by atoms with Gasteiger partial charge in [-0.2, -0.15) is 0 Å². The Hall–Kier alpha value is -0.950. The molecule has 0 amide bonds. The molecule has 0 aromatic heterocycles. The molecule has 1 unspecified atom stereocenters. The standard InChI is InChI=1S/C14H25N3O2S/c1-11(15)12-6-8-13(9-7-12)20(18,19)16-10-14(2,3)17(4)5/h6-9,11,16H,10,15H2,1-5H3. The number of hydrogen-bond donors (Lipinski definition) is 2. The van der Waals surface area contributed by atoms with E-state index in [2.05, 4.69) is 4.72 Å². The average Bonchev–Trinajstić information content (AvgIpc) is 2.36. The molecular weight excluding hydrogens is 274 g/mol. The molecule has 0 aliphatic rings. The Bertz CT molecular complexity index is 534. The highest BCUT2D eigenvalue weighted by Crippen LogP contribution is 2.15. The zero-order chi connectivity index (χ0) is 15.6. The van der Waals surface area contributed by atoms with Crippen molar-refractivity contribution < 1.29 is 8.42 Å². The molecule has 0 bridgehead atoms. The maximum absolute atomic E-state index is 12.2. The Morgan fingerprint density at radius 2 is 1.75 bits per heavy atom. The summed E-state index contributed by atoms with van der Waals surface area (Å²) in [6.45, 7) is 6.17. The minimum absolute atomic E-state index is 0.104. The van der Waals surface area contributed by atoms with E-state index in [1.165, 1.54) is 0 Å². The lowest BCUT2D eigenvalue weighted by Gasteiger charge is -2.32. The van der Waals surface area contributed by atoms with Crippen molar-refractivity contribution in [2.75, 3.05) is 20.6 Å². The van der Waals surface area contributed by atoms with Gasteiger partial charge in [0.2, 0.25) is 10.0 Å². The number of rotatable bonds is 6. The van der Waals surface area contributed by atoms with Gasteiger partial charge in [-0.15, -0.1) is 0 Å². The largest absolute Gasteiger partial charge is 0.324 e. The Labute approximate surface area is 122 Å². The van der Waals surface area contributed by atoms with Crippen LogP contribution >= 0.6 is 0 Å². The van der Waals surface area contributed by atoms with E-state index in [4.69, 9.17) is 5.73 Å². The van der Waals surface area contributed by atoms with Gasteiger partial charge in [-0.05, 0) is 52.6 Å². The predicted octanol–water partition coefficient (Wildman–Crippen LogP) is 1.32. The highest BCUT2D eigenvalue weighted by Gasteiger charge is 2.24. The molecule has 6 heteroatoms. The molecule has 0 saturated heterocycles. The summed E-state index contributed by atoms with van der Waals surface area (Å²) in [6.07, 6.45) is 0. The van der Waals surface area contributed by atoms with Crippen LogP contribution in [0.1, 0.15) is 32.4 Å². The molecule has 1 aromatic carbocycles. The van der Waals surface area contributed by atoms with Gasteiger partial charge in [0.25, 0.3) is 0 Å². The highest BCUT2D eigenvalue weighted by atomic mass is 32.2. The van der Waals surface area contributed by atoms with Crippen LogP contribution in [-0.2, 0) is 10.0 Å². The van der Waals surface area contributed by atoms with Crippen LogP contribution < -0.4 is 10.5 Å². The molecule has 0 fully saturated rings. The minimum Gasteiger partial charge on any atom is -0.324 e. The van der Waals surface area contributed by atoms with Crippen LogP contribution in [0.4, 0.5) is 0 Å². The number of likely N-dealkylation sites (N-methyl/N-ethyl adjacent to an activating group) is 1. The van der Waals surface area contributed by atoms with Gasteiger partial charge >= 0.3 is 0 Å². The molecule has 0 spiro atoms. The smallest absolute Gasteiger partial charge is 0.240 e. The zero-order valence-corrected chi connectivity index (χ0v) is 13.7. The number of nitrogens with two attached hydrogens (primary N) is 1. The number of benzene rings is 1. The van der Waals surface area contributed by atoms with Crippen molar-refractivity contribution in [1.29, 1.82) is 0 Å². The lowest BCUT2D eigenvalue weighted by molar-refractivity contribution is 0.199. The molecule has 0 saturated carbocycles. The fourth-order valence-corrected chi connectivity index (χ4v) is 2.67. The summed E-state index contributed by atoms with van der Waals surface area (Å²) in [5, 5.41) is 0. The quantitative estimate of drug-likeness (QED) is 0.831. The molecule has 0 aliphatic heterocycles. The van der Waals surface area contributed by atoms with E-state index in [1.807, 2.05) is 39.8 Å². The van der Waals surface area contributed by atoms with Gasteiger partial charge in [-0.3, -0.25) is 0 Å². The Morgan fingerprint density at radius 3 is 2.15 bits per heavy atom. The topological polar surface area (TPSA) is 75.4 Å². The van der Waals surface area contributed by atoms with Gasteiger partial charge in [0.1, 0.15) is 0 Å². The van der Waals surface area contributed by atoms with Crippen LogP contribution in [0.5, 0.6) is 0 Å². The van der Waals surface area contributed by atoms with Gasteiger partial charge in [0, 0.05) is 18.1 Å². The lowest BCUT2D eigenvalue weighted by Crippen LogP contribution is -2.48. The fourth-order valence-electron chi connectivity index (χ4n) is 1.46. The molecule has 1 rings (SSSR count). The second-order valence-electron chi connectivity index (χ2n) is 5.89. The van der Waals surface area contributed by atoms with Crippen molar-refractivity contribution >= 4 is 10.0 Å². The first-order valence-electron chi connectivity index (χ1n) is 6.59. The maximum atomic E-state index is 12.2. The van der Waals surface area contributed by atoms with Crippen molar-refractivity contribution in [1.82, 2.24) is 9.62 Å². The number of nitrogens with zero attached hydrogens (tertiary/aromatic N) is 1. The second kappa shape index (κ2) is 6.22. The first-order valence-corrected chi connectivity index (χ1v) is 8.07. The molecule has 20 heavy (non-hydrogen) atoms. The number of nitrogens with one attached hydrogen (secondary N) is 1. The fraction of sp³-hybridized carbons (Fsp3) is 0.571. The summed E-state index contributed by atoms with van der Waals surface area (Å²) in [6, 6.07) is 6.56. The summed E-state index contributed by atoms with van der Waals surface area (Å²) in [7, 11) is 0.358. The van der Waals surface area contributed by atoms with E-state index in [-0.39, 0.29) is 16.5 Å². The number of sulfonamides is 1. The zero-order valence-electron chi connectivity index (χ0n) is 12.8. The van der Waals surface area contributed by atoms with Gasteiger partial charge in [-0.1, -0.05) is 12.1 Å². The summed E-state index contributed by atoms with van der Waals surface area (Å²) >= 11 is 0. The molecule has 1 aromatic rings. The summed E-state index contributed by atoms with van der Waals surface area (Å²) in [4.78, 5) is 2.24. The molecule has 0 heterocycles. The van der Waals surface area contributed by atoms with E-state index in [9.17, 15) is 8.42 Å². The van der Waals surface area contributed by atoms with Crippen molar-refractivity contribution in [3.8, 4) is 0 Å². The van der Waals surface area contributed by atoms with E-state index >= 15 is 0 Å². The van der Waals surface area contributed by atoms with Crippen LogP contribution in [0.15, 0.2) is 29.2 Å². The Balaban J connectivity index is 2.84. The summed E-state index contributed by atoms with van der Waals surface area (Å²) in [5.74, 6) is 0. The molecular formula is C14H25N3O2S. The molecule has 114 valence electrons. The van der Waals surface area contributed by atoms with Gasteiger partial charge in [0.15, 0.2) is 0 Å². The molecule has 0 radical (unpaired) electrons. The van der Waals surface area contributed by atoms with Crippen LogP contribution in [0, 0.1) is 0 Å². The normalized spacial score (nSPS) is 14.6. The van der Waals surface area contributed by atoms with Gasteiger partial charge in [0.05, 0.1) is 4.90 Å². The third-order valence-corrected chi connectivity index (χ3v) is 5.04. The van der Waals surface area contributed by atoms with E-state index in [1.54, 1.807) is 24.3 Å². The Kier molecular flexibility index (Phi) is 5.32. The van der Waals surface area contributed by atoms with E-state index in [0.717, 1.165) is 5.56 Å². The van der Waals surface area contributed by atoms with Crippen LogP contribution in [0.25, 0.3) is 0 Å². The van der Waals surface area contributed by atoms with Gasteiger partial charge in [-0.25, -0.2) is 13.1 Å². The lowest BCUT2D eigenvalue weighted by atomic mass is 10.1. The third kappa shape index (κ3) is 4.28. The first-order chi connectivity index (χ1) is 9.06. The van der Waals surface area contributed by atoms with Crippen molar-refractivity contribution in [2.45, 2.75) is 37.2 Å². The maximum Gasteiger partial charge on any atom is 0.240 e. The SMILES string of the molecule is CC(N)c1ccc(S(=O)(=O)NCC(C)(C)N(C)C)cc1. The van der Waals surface area contributed by atoms with Crippen LogP contribution in [0.3, 0.4) is 0 Å². The van der Waals surface area contributed by atoms with Crippen molar-refractivity contribution in [3.63, 3.8) is 0 Å². The summed E-state index contributed by atoms with van der Waals surface area (Å²) < 4.78 is 27.1. The third-order valence-electron chi connectivity index (χ3n) is 3.62. The highest BCUT2D eigenvalue weighted by molar-refractivity contribution is 7.89. The molecule has 0 aliphatic carbocycles. The molecule has 3 N–H and O–H groups in total. The van der Waals surface area contributed by atoms with E-state index < -0.39 is 10.0 Å². The molecule has 5 nitrogen and oxygen atoms in total. The average molecular weight is 299 g/mol.